The summed E-state index contributed by atoms with van der Waals surface area (Å²) in [4.78, 5) is 16.1. The van der Waals surface area contributed by atoms with E-state index in [0.29, 0.717) is 23.5 Å². The van der Waals surface area contributed by atoms with Crippen molar-refractivity contribution >= 4 is 38.0 Å². The molecule has 4 N–H and O–H groups in total. The minimum atomic E-state index is -3.67. The van der Waals surface area contributed by atoms with Crippen LogP contribution >= 0.6 is 0 Å². The molecule has 0 aliphatic rings. The second kappa shape index (κ2) is 6.47. The lowest BCUT2D eigenvalue weighted by atomic mass is 10.1. The molecule has 3 rings (SSSR count). The topological polar surface area (TPSA) is 135 Å². The number of hydrogen-bond acceptors (Lipinski definition) is 6. The third-order valence-electron chi connectivity index (χ3n) is 2.93. The molecule has 0 atom stereocenters. The summed E-state index contributed by atoms with van der Waals surface area (Å²) < 4.78 is 25.9. The number of imidazole rings is 1. The molecule has 0 amide bonds. The van der Waals surface area contributed by atoms with Gasteiger partial charge in [-0.25, -0.2) is 15.0 Å². The van der Waals surface area contributed by atoms with E-state index in [1.54, 1.807) is 0 Å². The number of pyridine rings is 2. The normalized spacial score (nSPS) is 11.7. The van der Waals surface area contributed by atoms with Crippen molar-refractivity contribution < 1.29 is 13.0 Å². The molecule has 8 nitrogen and oxygen atoms in total. The fourth-order valence-electron chi connectivity index (χ4n) is 2.18. The van der Waals surface area contributed by atoms with Crippen molar-refractivity contribution in [2.45, 2.75) is 20.3 Å². The minimum absolute atomic E-state index is 0.431. The Bertz CT molecular complexity index is 926. The van der Waals surface area contributed by atoms with Crippen LogP contribution in [0.2, 0.25) is 0 Å². The van der Waals surface area contributed by atoms with Gasteiger partial charge in [0.1, 0.15) is 17.4 Å². The quantitative estimate of drug-likeness (QED) is 0.607. The maximum absolute atomic E-state index is 9.19. The van der Waals surface area contributed by atoms with E-state index in [9.17, 15) is 8.42 Å². The Kier molecular flexibility index (Phi) is 4.81. The van der Waals surface area contributed by atoms with Crippen LogP contribution in [0.25, 0.3) is 22.1 Å². The van der Waals surface area contributed by atoms with E-state index in [1.165, 1.54) is 12.0 Å². The zero-order valence-electron chi connectivity index (χ0n) is 13.1. The molecule has 0 bridgehead atoms. The molecule has 3 heterocycles. The highest BCUT2D eigenvalue weighted by Crippen LogP contribution is 2.24. The molecule has 0 spiro atoms. The van der Waals surface area contributed by atoms with Crippen molar-refractivity contribution in [1.29, 1.82) is 0 Å². The zero-order valence-corrected chi connectivity index (χ0v) is 13.9. The molecule has 0 saturated carbocycles. The number of H-pyrrole nitrogens is 1. The molecule has 0 unspecified atom stereocenters. The Balaban J connectivity index is 0.000000338. The van der Waals surface area contributed by atoms with Crippen molar-refractivity contribution in [3.05, 3.63) is 24.2 Å². The minimum Gasteiger partial charge on any atom is -0.382 e. The van der Waals surface area contributed by atoms with Gasteiger partial charge < -0.3 is 10.7 Å². The number of nitrogens with two attached hydrogens (primary N) is 1. The molecule has 0 fully saturated rings. The van der Waals surface area contributed by atoms with E-state index in [1.807, 2.05) is 6.07 Å². The van der Waals surface area contributed by atoms with Crippen molar-refractivity contribution in [3.63, 3.8) is 0 Å². The Morgan fingerprint density at radius 3 is 2.48 bits per heavy atom. The van der Waals surface area contributed by atoms with E-state index in [2.05, 4.69) is 39.8 Å². The van der Waals surface area contributed by atoms with Crippen molar-refractivity contribution in [1.82, 2.24) is 19.9 Å². The first-order valence-electron chi connectivity index (χ1n) is 6.95. The van der Waals surface area contributed by atoms with Crippen LogP contribution in [0.15, 0.2) is 18.5 Å². The summed E-state index contributed by atoms with van der Waals surface area (Å²) in [6.07, 6.45) is 3.23. The van der Waals surface area contributed by atoms with Gasteiger partial charge in [-0.05, 0) is 24.5 Å². The van der Waals surface area contributed by atoms with Gasteiger partial charge >= 0.3 is 0 Å². The summed E-state index contributed by atoms with van der Waals surface area (Å²) in [5, 5.41) is 0. The van der Waals surface area contributed by atoms with Gasteiger partial charge in [-0.3, -0.25) is 4.55 Å². The maximum Gasteiger partial charge on any atom is 0.261 e. The van der Waals surface area contributed by atoms with Gasteiger partial charge in [-0.1, -0.05) is 13.8 Å². The first-order valence-corrected chi connectivity index (χ1v) is 8.80. The van der Waals surface area contributed by atoms with Crippen LogP contribution in [-0.4, -0.2) is 39.2 Å². The predicted octanol–water partition coefficient (Wildman–Crippen LogP) is 1.79. The third-order valence-corrected chi connectivity index (χ3v) is 2.93. The van der Waals surface area contributed by atoms with Crippen molar-refractivity contribution in [2.24, 2.45) is 5.92 Å². The number of nitrogens with zero attached hydrogens (tertiary/aromatic N) is 3. The lowest BCUT2D eigenvalue weighted by Gasteiger charge is -2.08. The smallest absolute Gasteiger partial charge is 0.261 e. The highest BCUT2D eigenvalue weighted by atomic mass is 32.2. The van der Waals surface area contributed by atoms with E-state index in [0.717, 1.165) is 23.0 Å². The third kappa shape index (κ3) is 4.60. The summed E-state index contributed by atoms with van der Waals surface area (Å²) in [5.74, 6) is 1.03. The molecule has 9 heteroatoms. The van der Waals surface area contributed by atoms with E-state index in [4.69, 9.17) is 10.3 Å². The molecule has 124 valence electrons. The highest BCUT2D eigenvalue weighted by molar-refractivity contribution is 7.85. The molecule has 0 aromatic carbocycles. The molecule has 0 aliphatic carbocycles. The van der Waals surface area contributed by atoms with E-state index in [-0.39, 0.29) is 0 Å². The number of hydrogen-bond donors (Lipinski definition) is 3. The molecule has 0 aliphatic heterocycles. The number of fused-ring (bicyclic) bond motifs is 3. The van der Waals surface area contributed by atoms with Crippen molar-refractivity contribution in [2.75, 3.05) is 12.0 Å². The van der Waals surface area contributed by atoms with Gasteiger partial charge in [0.15, 0.2) is 5.82 Å². The van der Waals surface area contributed by atoms with Gasteiger partial charge in [-0.2, -0.15) is 8.42 Å². The molecule has 0 radical (unpaired) electrons. The lowest BCUT2D eigenvalue weighted by molar-refractivity contribution is 0.490. The molecule has 0 saturated heterocycles. The molecule has 23 heavy (non-hydrogen) atoms. The molecular formula is C14H19N5O3S. The number of rotatable bonds is 2. The van der Waals surface area contributed by atoms with Gasteiger partial charge in [0, 0.05) is 5.69 Å². The predicted molar refractivity (Wildman–Crippen MR) is 89.6 cm³/mol. The zero-order chi connectivity index (χ0) is 17.2. The monoisotopic (exact) mass is 337 g/mol. The first-order chi connectivity index (χ1) is 10.6. The Morgan fingerprint density at radius 2 is 1.87 bits per heavy atom. The Morgan fingerprint density at radius 1 is 1.26 bits per heavy atom. The highest BCUT2D eigenvalue weighted by Gasteiger charge is 2.10. The summed E-state index contributed by atoms with van der Waals surface area (Å²) in [5.41, 5.74) is 10.2. The standard InChI is InChI=1S/C13H15N5.CH4O3S/c1-7(2)5-8-3-4-9-10(17-8)11-12(13(14)18-9)16-6-15-11;1-5(2,3)4/h3-4,6-7,17H,5H2,1-2H3,(H2,14,18);1H3,(H,2,3,4). The maximum atomic E-state index is 9.19. The van der Waals surface area contributed by atoms with Crippen molar-refractivity contribution in [3.8, 4) is 0 Å². The average molecular weight is 337 g/mol. The molecule has 3 aromatic heterocycles. The number of anilines is 1. The summed E-state index contributed by atoms with van der Waals surface area (Å²) in [7, 11) is -3.67. The number of nitrogen functional groups attached to an aromatic ring is 1. The fourth-order valence-corrected chi connectivity index (χ4v) is 2.18. The SMILES string of the molecule is CC(C)Cc1ccc2nc(N)c3ncnc3c2[nH]1.CS(=O)(=O)O. The van der Waals surface area contributed by atoms with E-state index < -0.39 is 10.1 Å². The van der Waals surface area contributed by atoms with Crippen LogP contribution < -0.4 is 5.73 Å². The number of aromatic nitrogens is 4. The Labute approximate surface area is 133 Å². The first kappa shape index (κ1) is 17.1. The number of nitrogens with one attached hydrogen (secondary N) is 1. The lowest BCUT2D eigenvalue weighted by Crippen LogP contribution is -1.99. The summed E-state index contributed by atoms with van der Waals surface area (Å²) in [6, 6.07) is 4.03. The van der Waals surface area contributed by atoms with Gasteiger partial charge in [0.25, 0.3) is 10.1 Å². The average Bonchev–Trinajstić information content (AvgIpc) is 2.87. The van der Waals surface area contributed by atoms with Gasteiger partial charge in [0.05, 0.1) is 17.3 Å². The van der Waals surface area contributed by atoms with Crippen LogP contribution in [0.5, 0.6) is 0 Å². The van der Waals surface area contributed by atoms with Gasteiger partial charge in [0.2, 0.25) is 0 Å². The second-order valence-corrected chi connectivity index (χ2v) is 7.11. The molecular weight excluding hydrogens is 318 g/mol. The molecule has 3 aromatic rings. The van der Waals surface area contributed by atoms with E-state index >= 15 is 0 Å². The second-order valence-electron chi connectivity index (χ2n) is 5.64. The summed E-state index contributed by atoms with van der Waals surface area (Å²) in [6.45, 7) is 4.38. The Hall–Kier alpha value is -2.26. The van der Waals surface area contributed by atoms with Gasteiger partial charge in [-0.15, -0.1) is 0 Å². The fraction of sp³-hybridized carbons (Fsp3) is 0.357. The van der Waals surface area contributed by atoms with Crippen LogP contribution in [0, 0.1) is 5.92 Å². The number of aromatic amines is 1. The van der Waals surface area contributed by atoms with Crippen LogP contribution in [0.4, 0.5) is 5.82 Å². The van der Waals surface area contributed by atoms with Crippen LogP contribution in [0.1, 0.15) is 19.5 Å². The largest absolute Gasteiger partial charge is 0.382 e. The van der Waals surface area contributed by atoms with Crippen LogP contribution in [-0.2, 0) is 16.5 Å². The van der Waals surface area contributed by atoms with Crippen LogP contribution in [0.3, 0.4) is 0 Å². The summed E-state index contributed by atoms with van der Waals surface area (Å²) >= 11 is 0.